The average molecular weight is 209 g/mol. The molecule has 3 rings (SSSR count). The van der Waals surface area contributed by atoms with Crippen molar-refractivity contribution in [2.75, 3.05) is 0 Å². The fourth-order valence-electron chi connectivity index (χ4n) is 2.27. The van der Waals surface area contributed by atoms with Crippen molar-refractivity contribution in [3.05, 3.63) is 60.2 Å². The maximum absolute atomic E-state index is 5.95. The van der Waals surface area contributed by atoms with Gasteiger partial charge in [-0.15, -0.1) is 0 Å². The molecule has 2 atom stereocenters. The van der Waals surface area contributed by atoms with Gasteiger partial charge in [-0.1, -0.05) is 54.6 Å². The minimum absolute atomic E-state index is 0.366. The molecule has 1 fully saturated rings. The third-order valence-electron chi connectivity index (χ3n) is 3.28. The summed E-state index contributed by atoms with van der Waals surface area (Å²) in [6, 6.07) is 19.5. The average Bonchev–Trinajstić information content (AvgIpc) is 3.08. The van der Waals surface area contributed by atoms with Gasteiger partial charge in [0.05, 0.1) is 0 Å². The Kier molecular flexibility index (Phi) is 2.26. The molecule has 0 spiro atoms. The summed E-state index contributed by atoms with van der Waals surface area (Å²) in [4.78, 5) is 0. The van der Waals surface area contributed by atoms with Crippen molar-refractivity contribution in [3.63, 3.8) is 0 Å². The van der Waals surface area contributed by atoms with Gasteiger partial charge < -0.3 is 5.73 Å². The molecule has 2 N–H and O–H groups in total. The van der Waals surface area contributed by atoms with Crippen molar-refractivity contribution < 1.29 is 0 Å². The highest BCUT2D eigenvalue weighted by molar-refractivity contribution is 5.68. The van der Waals surface area contributed by atoms with Gasteiger partial charge in [0.2, 0.25) is 0 Å². The van der Waals surface area contributed by atoms with Crippen molar-refractivity contribution in [2.45, 2.75) is 18.4 Å². The predicted octanol–water partition coefficient (Wildman–Crippen LogP) is 3.17. The lowest BCUT2D eigenvalue weighted by Crippen LogP contribution is -2.01. The van der Waals surface area contributed by atoms with Crippen LogP contribution in [-0.2, 0) is 0 Å². The lowest BCUT2D eigenvalue weighted by atomic mass is 9.97. The zero-order valence-corrected chi connectivity index (χ0v) is 9.14. The molecule has 2 aromatic carbocycles. The van der Waals surface area contributed by atoms with Gasteiger partial charge in [-0.25, -0.2) is 0 Å². The molecule has 80 valence electrons. The number of benzene rings is 2. The van der Waals surface area contributed by atoms with Gasteiger partial charge in [0, 0.05) is 12.0 Å². The van der Waals surface area contributed by atoms with E-state index in [1.807, 2.05) is 0 Å². The summed E-state index contributed by atoms with van der Waals surface area (Å²) in [7, 11) is 0. The van der Waals surface area contributed by atoms with Crippen LogP contribution in [0.2, 0.25) is 0 Å². The van der Waals surface area contributed by atoms with Gasteiger partial charge in [-0.05, 0) is 23.1 Å². The molecule has 0 saturated heterocycles. The Labute approximate surface area is 95.9 Å². The Balaban J connectivity index is 2.07. The van der Waals surface area contributed by atoms with Gasteiger partial charge in [0.25, 0.3) is 0 Å². The zero-order chi connectivity index (χ0) is 11.0. The molecule has 0 heterocycles. The molecule has 1 nitrogen and oxygen atoms in total. The highest BCUT2D eigenvalue weighted by Crippen LogP contribution is 2.43. The monoisotopic (exact) mass is 209 g/mol. The molecule has 1 saturated carbocycles. The van der Waals surface area contributed by atoms with E-state index >= 15 is 0 Å². The van der Waals surface area contributed by atoms with E-state index in [0.717, 1.165) is 6.42 Å². The van der Waals surface area contributed by atoms with Gasteiger partial charge >= 0.3 is 0 Å². The van der Waals surface area contributed by atoms with Crippen LogP contribution in [0, 0.1) is 0 Å². The third-order valence-corrected chi connectivity index (χ3v) is 3.28. The highest BCUT2D eigenvalue weighted by atomic mass is 14.7. The highest BCUT2D eigenvalue weighted by Gasteiger charge is 2.36. The minimum Gasteiger partial charge on any atom is -0.327 e. The van der Waals surface area contributed by atoms with Crippen LogP contribution in [0.1, 0.15) is 17.9 Å². The fourth-order valence-corrected chi connectivity index (χ4v) is 2.27. The summed E-state index contributed by atoms with van der Waals surface area (Å²) in [6.45, 7) is 0. The molecule has 0 radical (unpaired) electrons. The third kappa shape index (κ3) is 1.63. The summed E-state index contributed by atoms with van der Waals surface area (Å²) >= 11 is 0. The Morgan fingerprint density at radius 1 is 0.875 bits per heavy atom. The Hall–Kier alpha value is -1.60. The van der Waals surface area contributed by atoms with Gasteiger partial charge in [-0.2, -0.15) is 0 Å². The summed E-state index contributed by atoms with van der Waals surface area (Å²) in [5, 5.41) is 0. The van der Waals surface area contributed by atoms with Crippen LogP contribution in [0.5, 0.6) is 0 Å². The molecule has 16 heavy (non-hydrogen) atoms. The molecule has 0 aromatic heterocycles. The topological polar surface area (TPSA) is 26.0 Å². The van der Waals surface area contributed by atoms with E-state index in [1.165, 1.54) is 16.7 Å². The smallest absolute Gasteiger partial charge is 0.0115 e. The first kappa shape index (κ1) is 9.61. The van der Waals surface area contributed by atoms with E-state index in [0.29, 0.717) is 12.0 Å². The van der Waals surface area contributed by atoms with Crippen molar-refractivity contribution in [2.24, 2.45) is 5.73 Å². The van der Waals surface area contributed by atoms with E-state index in [-0.39, 0.29) is 0 Å². The van der Waals surface area contributed by atoms with Crippen molar-refractivity contribution in [3.8, 4) is 11.1 Å². The van der Waals surface area contributed by atoms with Crippen LogP contribution >= 0.6 is 0 Å². The van der Waals surface area contributed by atoms with Crippen molar-refractivity contribution in [1.29, 1.82) is 0 Å². The van der Waals surface area contributed by atoms with Crippen molar-refractivity contribution >= 4 is 0 Å². The van der Waals surface area contributed by atoms with Crippen LogP contribution in [0.3, 0.4) is 0 Å². The standard InChI is InChI=1S/C15H15N/c16-15-10-14(15)13-9-5-4-8-12(13)11-6-2-1-3-7-11/h1-9,14-15H,10,16H2/t14?,15-/m1/s1. The van der Waals surface area contributed by atoms with E-state index in [9.17, 15) is 0 Å². The Morgan fingerprint density at radius 3 is 2.19 bits per heavy atom. The molecule has 1 aliphatic rings. The first-order valence-electron chi connectivity index (χ1n) is 5.76. The van der Waals surface area contributed by atoms with Crippen LogP contribution in [-0.4, -0.2) is 6.04 Å². The molecular formula is C15H15N. The lowest BCUT2D eigenvalue weighted by Gasteiger charge is -2.08. The lowest BCUT2D eigenvalue weighted by molar-refractivity contribution is 0.992. The quantitative estimate of drug-likeness (QED) is 0.807. The van der Waals surface area contributed by atoms with E-state index in [1.54, 1.807) is 0 Å². The number of hydrogen-bond donors (Lipinski definition) is 1. The minimum atomic E-state index is 0.366. The number of rotatable bonds is 2. The summed E-state index contributed by atoms with van der Waals surface area (Å²) < 4.78 is 0. The Bertz CT molecular complexity index is 490. The maximum Gasteiger partial charge on any atom is 0.0115 e. The van der Waals surface area contributed by atoms with E-state index < -0.39 is 0 Å². The summed E-state index contributed by atoms with van der Waals surface area (Å²) in [5.41, 5.74) is 9.97. The number of nitrogens with two attached hydrogens (primary N) is 1. The number of hydrogen-bond acceptors (Lipinski definition) is 1. The molecular weight excluding hydrogens is 194 g/mol. The molecule has 0 amide bonds. The first-order chi connectivity index (χ1) is 7.86. The van der Waals surface area contributed by atoms with Crippen LogP contribution in [0.15, 0.2) is 54.6 Å². The maximum atomic E-state index is 5.95. The Morgan fingerprint density at radius 2 is 1.50 bits per heavy atom. The second-order valence-electron chi connectivity index (χ2n) is 4.46. The molecule has 1 unspecified atom stereocenters. The molecule has 1 aliphatic carbocycles. The van der Waals surface area contributed by atoms with Crippen molar-refractivity contribution in [1.82, 2.24) is 0 Å². The van der Waals surface area contributed by atoms with Crippen LogP contribution in [0.4, 0.5) is 0 Å². The molecule has 1 heteroatoms. The van der Waals surface area contributed by atoms with Gasteiger partial charge in [0.1, 0.15) is 0 Å². The second-order valence-corrected chi connectivity index (χ2v) is 4.46. The second kappa shape index (κ2) is 3.76. The summed E-state index contributed by atoms with van der Waals surface area (Å²) in [5.74, 6) is 0.566. The predicted molar refractivity (Wildman–Crippen MR) is 67.2 cm³/mol. The van der Waals surface area contributed by atoms with Gasteiger partial charge in [0.15, 0.2) is 0 Å². The normalized spacial score (nSPS) is 23.1. The first-order valence-corrected chi connectivity index (χ1v) is 5.76. The van der Waals surface area contributed by atoms with Gasteiger partial charge in [-0.3, -0.25) is 0 Å². The molecule has 2 aromatic rings. The fraction of sp³-hybridized carbons (Fsp3) is 0.200. The summed E-state index contributed by atoms with van der Waals surface area (Å²) in [6.07, 6.45) is 1.13. The zero-order valence-electron chi connectivity index (χ0n) is 9.14. The SMILES string of the molecule is N[C@@H]1CC1c1ccccc1-c1ccccc1. The van der Waals surface area contributed by atoms with E-state index in [4.69, 9.17) is 5.73 Å². The van der Waals surface area contributed by atoms with Crippen LogP contribution in [0.25, 0.3) is 11.1 Å². The molecule has 0 bridgehead atoms. The molecule has 0 aliphatic heterocycles. The largest absolute Gasteiger partial charge is 0.327 e. The van der Waals surface area contributed by atoms with Crippen LogP contribution < -0.4 is 5.73 Å². The van der Waals surface area contributed by atoms with E-state index in [2.05, 4.69) is 54.6 Å².